The van der Waals surface area contributed by atoms with Crippen molar-refractivity contribution >= 4 is 5.91 Å². The maximum Gasteiger partial charge on any atom is 0.220 e. The van der Waals surface area contributed by atoms with Gasteiger partial charge >= 0.3 is 0 Å². The summed E-state index contributed by atoms with van der Waals surface area (Å²) < 4.78 is 0. The number of unbranched alkanes of at least 4 members (excludes halogenated alkanes) is 33. The summed E-state index contributed by atoms with van der Waals surface area (Å²) in [6, 6.07) is -0.615. The van der Waals surface area contributed by atoms with Gasteiger partial charge in [-0.1, -0.05) is 231 Å². The molecule has 1 amide bonds. The molecular formula is C44H87NO3. The van der Waals surface area contributed by atoms with Crippen molar-refractivity contribution in [2.24, 2.45) is 0 Å². The van der Waals surface area contributed by atoms with Crippen molar-refractivity contribution in [2.75, 3.05) is 6.61 Å². The highest BCUT2D eigenvalue weighted by Gasteiger charge is 2.17. The molecule has 0 saturated heterocycles. The van der Waals surface area contributed by atoms with E-state index in [0.717, 1.165) is 25.7 Å². The molecule has 0 aliphatic heterocycles. The Bertz CT molecular complexity index is 651. The van der Waals surface area contributed by atoms with Crippen molar-refractivity contribution in [3.8, 4) is 0 Å². The third-order valence-corrected chi connectivity index (χ3v) is 10.3. The molecule has 2 atom stereocenters. The van der Waals surface area contributed by atoms with Crippen molar-refractivity contribution in [1.29, 1.82) is 0 Å². The van der Waals surface area contributed by atoms with E-state index in [1.165, 1.54) is 199 Å². The first kappa shape index (κ1) is 47.1. The van der Waals surface area contributed by atoms with E-state index in [2.05, 4.69) is 19.2 Å². The Kier molecular flexibility index (Phi) is 39.8. The van der Waals surface area contributed by atoms with E-state index in [1.54, 1.807) is 6.08 Å². The zero-order valence-electron chi connectivity index (χ0n) is 32.8. The van der Waals surface area contributed by atoms with Gasteiger partial charge in [0.1, 0.15) is 0 Å². The fourth-order valence-electron chi connectivity index (χ4n) is 6.89. The second-order valence-corrected chi connectivity index (χ2v) is 15.1. The first-order chi connectivity index (χ1) is 23.7. The van der Waals surface area contributed by atoms with Gasteiger partial charge in [0.05, 0.1) is 18.8 Å². The van der Waals surface area contributed by atoms with Crippen LogP contribution in [0.1, 0.15) is 245 Å². The second kappa shape index (κ2) is 40.6. The minimum atomic E-state index is -0.832. The molecule has 0 radical (unpaired) electrons. The quantitative estimate of drug-likeness (QED) is 0.0446. The van der Waals surface area contributed by atoms with Crippen LogP contribution in [0.15, 0.2) is 12.2 Å². The highest BCUT2D eigenvalue weighted by atomic mass is 16.3. The molecule has 0 spiro atoms. The molecule has 48 heavy (non-hydrogen) atoms. The van der Waals surface area contributed by atoms with Crippen LogP contribution in [-0.4, -0.2) is 34.9 Å². The number of amides is 1. The summed E-state index contributed by atoms with van der Waals surface area (Å²) in [6.07, 6.45) is 50.4. The van der Waals surface area contributed by atoms with E-state index in [9.17, 15) is 15.0 Å². The van der Waals surface area contributed by atoms with Crippen molar-refractivity contribution in [1.82, 2.24) is 5.32 Å². The molecule has 0 aliphatic rings. The molecule has 3 N–H and O–H groups in total. The Morgan fingerprint density at radius 3 is 1.08 bits per heavy atom. The highest BCUT2D eigenvalue weighted by Crippen LogP contribution is 2.16. The zero-order chi connectivity index (χ0) is 35.0. The fraction of sp³-hybridized carbons (Fsp3) is 0.932. The normalized spacial score (nSPS) is 13.0. The summed E-state index contributed by atoms with van der Waals surface area (Å²) in [5.41, 5.74) is 0. The van der Waals surface area contributed by atoms with Crippen LogP contribution in [0, 0.1) is 0 Å². The predicted octanol–water partition coefficient (Wildman–Crippen LogP) is 13.5. The number of hydrogen-bond donors (Lipinski definition) is 3. The number of carbonyl (C=O) groups excluding carboxylic acids is 1. The number of aliphatic hydroxyl groups is 2. The van der Waals surface area contributed by atoms with Crippen molar-refractivity contribution in [3.05, 3.63) is 12.2 Å². The lowest BCUT2D eigenvalue weighted by Crippen LogP contribution is -2.45. The van der Waals surface area contributed by atoms with E-state index < -0.39 is 12.1 Å². The van der Waals surface area contributed by atoms with E-state index in [1.807, 2.05) is 6.08 Å². The summed E-state index contributed by atoms with van der Waals surface area (Å²) in [6.45, 7) is 4.32. The molecule has 0 aromatic carbocycles. The average Bonchev–Trinajstić information content (AvgIpc) is 3.09. The summed E-state index contributed by atoms with van der Waals surface area (Å²) in [5, 5.41) is 22.9. The molecule has 0 heterocycles. The van der Waals surface area contributed by atoms with Gasteiger partial charge in [0.2, 0.25) is 5.91 Å². The molecule has 0 unspecified atom stereocenters. The Morgan fingerprint density at radius 2 is 0.771 bits per heavy atom. The molecule has 0 aromatic rings. The number of carbonyl (C=O) groups is 1. The largest absolute Gasteiger partial charge is 0.394 e. The minimum Gasteiger partial charge on any atom is -0.394 e. The number of hydrogen-bond acceptors (Lipinski definition) is 3. The minimum absolute atomic E-state index is 0.0602. The molecular weight excluding hydrogens is 590 g/mol. The number of allylic oxidation sites excluding steroid dienone is 1. The van der Waals surface area contributed by atoms with Gasteiger partial charge in [0.15, 0.2) is 0 Å². The molecule has 0 fully saturated rings. The lowest BCUT2D eigenvalue weighted by molar-refractivity contribution is -0.123. The molecule has 4 nitrogen and oxygen atoms in total. The van der Waals surface area contributed by atoms with Crippen LogP contribution < -0.4 is 5.32 Å². The van der Waals surface area contributed by atoms with Gasteiger partial charge in [0, 0.05) is 6.42 Å². The Labute approximate surface area is 301 Å². The van der Waals surface area contributed by atoms with E-state index >= 15 is 0 Å². The van der Waals surface area contributed by atoms with E-state index in [0.29, 0.717) is 6.42 Å². The standard InChI is InChI=1S/C44H87NO3/c1-3-5-7-9-11-13-15-17-18-19-20-21-22-23-24-25-26-27-28-30-32-34-36-38-40-44(48)45-42(41-46)43(47)39-37-35-33-31-29-16-14-12-10-8-6-4-2/h37,39,42-43,46-47H,3-36,38,40-41H2,1-2H3,(H,45,48)/b39-37+/t42-,43+/m0/s1. The molecule has 0 aliphatic carbocycles. The van der Waals surface area contributed by atoms with Gasteiger partial charge in [0.25, 0.3) is 0 Å². The summed E-state index contributed by atoms with van der Waals surface area (Å²) in [4.78, 5) is 12.4. The maximum absolute atomic E-state index is 12.4. The molecule has 4 heteroatoms. The monoisotopic (exact) mass is 678 g/mol. The van der Waals surface area contributed by atoms with E-state index in [4.69, 9.17) is 0 Å². The Balaban J connectivity index is 3.46. The second-order valence-electron chi connectivity index (χ2n) is 15.1. The topological polar surface area (TPSA) is 69.6 Å². The van der Waals surface area contributed by atoms with Crippen LogP contribution >= 0.6 is 0 Å². The third kappa shape index (κ3) is 36.4. The number of aliphatic hydroxyl groups excluding tert-OH is 2. The van der Waals surface area contributed by atoms with E-state index in [-0.39, 0.29) is 12.5 Å². The number of rotatable bonds is 40. The van der Waals surface area contributed by atoms with Crippen LogP contribution in [0.2, 0.25) is 0 Å². The van der Waals surface area contributed by atoms with Crippen LogP contribution in [-0.2, 0) is 4.79 Å². The first-order valence-corrected chi connectivity index (χ1v) is 21.9. The smallest absolute Gasteiger partial charge is 0.220 e. The Hall–Kier alpha value is -0.870. The molecule has 0 rings (SSSR count). The maximum atomic E-state index is 12.4. The van der Waals surface area contributed by atoms with Crippen molar-refractivity contribution in [2.45, 2.75) is 257 Å². The highest BCUT2D eigenvalue weighted by molar-refractivity contribution is 5.76. The van der Waals surface area contributed by atoms with Gasteiger partial charge in [-0.25, -0.2) is 0 Å². The van der Waals surface area contributed by atoms with Crippen LogP contribution in [0.4, 0.5) is 0 Å². The van der Waals surface area contributed by atoms with Gasteiger partial charge in [-0.15, -0.1) is 0 Å². The van der Waals surface area contributed by atoms with Gasteiger partial charge in [-0.05, 0) is 19.3 Å². The fourth-order valence-corrected chi connectivity index (χ4v) is 6.89. The first-order valence-electron chi connectivity index (χ1n) is 21.9. The van der Waals surface area contributed by atoms with Gasteiger partial charge in [-0.2, -0.15) is 0 Å². The van der Waals surface area contributed by atoms with Crippen molar-refractivity contribution in [3.63, 3.8) is 0 Å². The molecule has 0 aromatic heterocycles. The predicted molar refractivity (Wildman–Crippen MR) is 212 cm³/mol. The molecule has 0 bridgehead atoms. The van der Waals surface area contributed by atoms with Crippen molar-refractivity contribution < 1.29 is 15.0 Å². The SMILES string of the molecule is CCCCCCCCCCCC/C=C/[C@@H](O)[C@H](CO)NC(=O)CCCCCCCCCCCCCCCCCCCCCCCCCC. The van der Waals surface area contributed by atoms with Crippen LogP contribution in [0.25, 0.3) is 0 Å². The zero-order valence-corrected chi connectivity index (χ0v) is 32.8. The lowest BCUT2D eigenvalue weighted by Gasteiger charge is -2.20. The molecule has 0 saturated carbocycles. The average molecular weight is 678 g/mol. The lowest BCUT2D eigenvalue weighted by atomic mass is 10.0. The third-order valence-electron chi connectivity index (χ3n) is 10.3. The summed E-state index contributed by atoms with van der Waals surface area (Å²) in [5.74, 6) is -0.0602. The van der Waals surface area contributed by atoms with Gasteiger partial charge in [-0.3, -0.25) is 4.79 Å². The Morgan fingerprint density at radius 1 is 0.479 bits per heavy atom. The summed E-state index contributed by atoms with van der Waals surface area (Å²) in [7, 11) is 0. The number of nitrogens with one attached hydrogen (secondary N) is 1. The van der Waals surface area contributed by atoms with Gasteiger partial charge < -0.3 is 15.5 Å². The summed E-state index contributed by atoms with van der Waals surface area (Å²) >= 11 is 0. The van der Waals surface area contributed by atoms with Crippen LogP contribution in [0.5, 0.6) is 0 Å². The molecule has 286 valence electrons. The van der Waals surface area contributed by atoms with Crippen LogP contribution in [0.3, 0.4) is 0 Å².